The fourth-order valence-corrected chi connectivity index (χ4v) is 4.24. The van der Waals surface area contributed by atoms with Gasteiger partial charge in [-0.3, -0.25) is 0 Å². The summed E-state index contributed by atoms with van der Waals surface area (Å²) in [5.74, 6) is 1.06. The number of hydrogen-bond acceptors (Lipinski definition) is 2. The number of halogens is 2. The fraction of sp³-hybridized carbons (Fsp3) is 0.235. The third-order valence-electron chi connectivity index (χ3n) is 3.75. The topological polar surface area (TPSA) is 24.1 Å². The van der Waals surface area contributed by atoms with Crippen LogP contribution in [0, 0.1) is 6.92 Å². The van der Waals surface area contributed by atoms with Crippen molar-refractivity contribution in [2.24, 2.45) is 0 Å². The van der Waals surface area contributed by atoms with Gasteiger partial charge in [-0.15, -0.1) is 11.8 Å². The number of nitrogens with one attached hydrogen (secondary N) is 2. The summed E-state index contributed by atoms with van der Waals surface area (Å²) in [4.78, 5) is 1.26. The van der Waals surface area contributed by atoms with E-state index < -0.39 is 0 Å². The highest BCUT2D eigenvalue weighted by Crippen LogP contribution is 2.37. The molecule has 3 rings (SSSR count). The van der Waals surface area contributed by atoms with Crippen LogP contribution in [0.2, 0.25) is 10.0 Å². The van der Waals surface area contributed by atoms with E-state index in [-0.39, 0.29) is 6.04 Å². The Bertz CT molecular complexity index is 749. The minimum absolute atomic E-state index is 0.172. The maximum atomic E-state index is 6.15. The van der Waals surface area contributed by atoms with Crippen molar-refractivity contribution >= 4 is 58.0 Å². The zero-order valence-electron chi connectivity index (χ0n) is 12.5. The van der Waals surface area contributed by atoms with Crippen LogP contribution in [0.4, 0.5) is 5.69 Å². The second kappa shape index (κ2) is 7.31. The number of thiocarbonyl (C=S) groups is 1. The Morgan fingerprint density at radius 1 is 1.22 bits per heavy atom. The van der Waals surface area contributed by atoms with Gasteiger partial charge in [-0.1, -0.05) is 29.3 Å². The molecule has 0 fully saturated rings. The Kier molecular flexibility index (Phi) is 5.37. The molecule has 2 nitrogen and oxygen atoms in total. The van der Waals surface area contributed by atoms with E-state index in [2.05, 4.69) is 16.7 Å². The molecule has 23 heavy (non-hydrogen) atoms. The predicted octanol–water partition coefficient (Wildman–Crippen LogP) is 5.83. The van der Waals surface area contributed by atoms with Crippen LogP contribution in [0.3, 0.4) is 0 Å². The standard InChI is InChI=1S/C17H16Cl2N2S2/c1-10-2-4-12(9-14(10)19)20-17(22)21-15-6-7-23-16-5-3-11(18)8-13(15)16/h2-5,8-9,15H,6-7H2,1H3,(H2,20,21,22). The third-order valence-corrected chi connectivity index (χ3v) is 5.73. The van der Waals surface area contributed by atoms with Crippen molar-refractivity contribution in [3.63, 3.8) is 0 Å². The average Bonchev–Trinajstić information content (AvgIpc) is 2.51. The number of fused-ring (bicyclic) bond motifs is 1. The van der Waals surface area contributed by atoms with Gasteiger partial charge in [-0.25, -0.2) is 0 Å². The molecule has 0 aromatic heterocycles. The van der Waals surface area contributed by atoms with Crippen LogP contribution >= 0.6 is 47.2 Å². The van der Waals surface area contributed by atoms with E-state index in [1.807, 2.05) is 49.0 Å². The Balaban J connectivity index is 1.71. The van der Waals surface area contributed by atoms with E-state index >= 15 is 0 Å². The average molecular weight is 383 g/mol. The van der Waals surface area contributed by atoms with Gasteiger partial charge in [0.1, 0.15) is 0 Å². The molecular weight excluding hydrogens is 367 g/mol. The van der Waals surface area contributed by atoms with Crippen LogP contribution < -0.4 is 10.6 Å². The van der Waals surface area contributed by atoms with Gasteiger partial charge >= 0.3 is 0 Å². The molecule has 2 aromatic rings. The SMILES string of the molecule is Cc1ccc(NC(=S)NC2CCSc3ccc(Cl)cc32)cc1Cl. The van der Waals surface area contributed by atoms with E-state index in [0.717, 1.165) is 33.5 Å². The van der Waals surface area contributed by atoms with E-state index in [9.17, 15) is 0 Å². The van der Waals surface area contributed by atoms with Gasteiger partial charge < -0.3 is 10.6 Å². The van der Waals surface area contributed by atoms with Crippen LogP contribution in [-0.2, 0) is 0 Å². The first-order valence-corrected chi connectivity index (χ1v) is 9.44. The van der Waals surface area contributed by atoms with Gasteiger partial charge in [-0.05, 0) is 67.0 Å². The Hall–Kier alpha value is -0.940. The maximum absolute atomic E-state index is 6.15. The van der Waals surface area contributed by atoms with Crippen molar-refractivity contribution in [3.8, 4) is 0 Å². The first kappa shape index (κ1) is 16.9. The molecule has 1 aliphatic rings. The smallest absolute Gasteiger partial charge is 0.171 e. The van der Waals surface area contributed by atoms with E-state index in [1.54, 1.807) is 0 Å². The summed E-state index contributed by atoms with van der Waals surface area (Å²) in [6.45, 7) is 1.98. The summed E-state index contributed by atoms with van der Waals surface area (Å²) in [5, 5.41) is 8.66. The van der Waals surface area contributed by atoms with Crippen molar-refractivity contribution < 1.29 is 0 Å². The van der Waals surface area contributed by atoms with Gasteiger partial charge in [0.15, 0.2) is 5.11 Å². The number of thioether (sulfide) groups is 1. The highest BCUT2D eigenvalue weighted by Gasteiger charge is 2.21. The summed E-state index contributed by atoms with van der Waals surface area (Å²) >= 11 is 19.6. The van der Waals surface area contributed by atoms with Crippen LogP contribution in [0.15, 0.2) is 41.3 Å². The lowest BCUT2D eigenvalue weighted by Gasteiger charge is -2.27. The molecule has 0 saturated heterocycles. The van der Waals surface area contributed by atoms with Crippen molar-refractivity contribution in [2.75, 3.05) is 11.1 Å². The molecule has 0 amide bonds. The Morgan fingerprint density at radius 3 is 2.83 bits per heavy atom. The third kappa shape index (κ3) is 4.13. The zero-order valence-corrected chi connectivity index (χ0v) is 15.7. The minimum Gasteiger partial charge on any atom is -0.356 e. The van der Waals surface area contributed by atoms with Gasteiger partial charge in [0.2, 0.25) is 0 Å². The molecule has 1 atom stereocenters. The van der Waals surface area contributed by atoms with Gasteiger partial charge in [-0.2, -0.15) is 0 Å². The molecule has 1 aliphatic heterocycles. The van der Waals surface area contributed by atoms with Crippen LogP contribution in [0.25, 0.3) is 0 Å². The molecular formula is C17H16Cl2N2S2. The van der Waals surface area contributed by atoms with Gasteiger partial charge in [0, 0.05) is 26.4 Å². The summed E-state index contributed by atoms with van der Waals surface area (Å²) in [6, 6.07) is 12.0. The highest BCUT2D eigenvalue weighted by atomic mass is 35.5. The summed E-state index contributed by atoms with van der Waals surface area (Å²) in [5.41, 5.74) is 3.14. The number of hydrogen-bond donors (Lipinski definition) is 2. The highest BCUT2D eigenvalue weighted by molar-refractivity contribution is 7.99. The van der Waals surface area contributed by atoms with E-state index in [1.165, 1.54) is 10.5 Å². The van der Waals surface area contributed by atoms with E-state index in [4.69, 9.17) is 35.4 Å². The second-order valence-electron chi connectivity index (χ2n) is 5.43. The predicted molar refractivity (Wildman–Crippen MR) is 105 cm³/mol. The molecule has 1 unspecified atom stereocenters. The molecule has 0 saturated carbocycles. The minimum atomic E-state index is 0.172. The zero-order chi connectivity index (χ0) is 16.4. The largest absolute Gasteiger partial charge is 0.356 e. The monoisotopic (exact) mass is 382 g/mol. The first-order valence-electron chi connectivity index (χ1n) is 7.29. The summed E-state index contributed by atoms with van der Waals surface area (Å²) in [6.07, 6.45) is 1.01. The number of benzene rings is 2. The lowest BCUT2D eigenvalue weighted by Crippen LogP contribution is -2.34. The normalized spacial score (nSPS) is 16.6. The quantitative estimate of drug-likeness (QED) is 0.638. The molecule has 0 aliphatic carbocycles. The van der Waals surface area contributed by atoms with E-state index in [0.29, 0.717) is 5.11 Å². The molecule has 6 heteroatoms. The number of rotatable bonds is 2. The lowest BCUT2D eigenvalue weighted by atomic mass is 10.0. The van der Waals surface area contributed by atoms with Crippen molar-refractivity contribution in [1.82, 2.24) is 5.32 Å². The van der Waals surface area contributed by atoms with Gasteiger partial charge in [0.25, 0.3) is 0 Å². The second-order valence-corrected chi connectivity index (χ2v) is 7.82. The molecule has 0 radical (unpaired) electrons. The first-order chi connectivity index (χ1) is 11.0. The van der Waals surface area contributed by atoms with Crippen LogP contribution in [0.1, 0.15) is 23.6 Å². The fourth-order valence-electron chi connectivity index (χ4n) is 2.51. The van der Waals surface area contributed by atoms with Crippen LogP contribution in [-0.4, -0.2) is 10.9 Å². The van der Waals surface area contributed by atoms with Gasteiger partial charge in [0.05, 0.1) is 6.04 Å². The van der Waals surface area contributed by atoms with Crippen molar-refractivity contribution in [1.29, 1.82) is 0 Å². The Morgan fingerprint density at radius 2 is 2.04 bits per heavy atom. The molecule has 0 bridgehead atoms. The summed E-state index contributed by atoms with van der Waals surface area (Å²) < 4.78 is 0. The Labute approximate surface area is 155 Å². The molecule has 2 N–H and O–H groups in total. The maximum Gasteiger partial charge on any atom is 0.171 e. The van der Waals surface area contributed by atoms with Crippen LogP contribution in [0.5, 0.6) is 0 Å². The molecule has 1 heterocycles. The molecule has 2 aromatic carbocycles. The lowest BCUT2D eigenvalue weighted by molar-refractivity contribution is 0.614. The van der Waals surface area contributed by atoms with Crippen molar-refractivity contribution in [3.05, 3.63) is 57.6 Å². The molecule has 0 spiro atoms. The van der Waals surface area contributed by atoms with Crippen molar-refractivity contribution in [2.45, 2.75) is 24.3 Å². The summed E-state index contributed by atoms with van der Waals surface area (Å²) in [7, 11) is 0. The number of anilines is 1. The number of aryl methyl sites for hydroxylation is 1. The molecule has 120 valence electrons.